The van der Waals surface area contributed by atoms with E-state index in [1.807, 2.05) is 0 Å². The summed E-state index contributed by atoms with van der Waals surface area (Å²) in [6.45, 7) is 0. The van der Waals surface area contributed by atoms with Gasteiger partial charge in [0.25, 0.3) is 0 Å². The third-order valence-corrected chi connectivity index (χ3v) is 5.46. The van der Waals surface area contributed by atoms with Crippen molar-refractivity contribution in [3.8, 4) is 0 Å². The number of sulfonamides is 2. The molecule has 0 unspecified atom stereocenters. The van der Waals surface area contributed by atoms with E-state index in [-0.39, 0.29) is 11.6 Å². The molecule has 0 aliphatic carbocycles. The summed E-state index contributed by atoms with van der Waals surface area (Å²) in [4.78, 5) is 0. The minimum absolute atomic E-state index is 0.154. The van der Waals surface area contributed by atoms with Crippen molar-refractivity contribution in [1.29, 1.82) is 0 Å². The van der Waals surface area contributed by atoms with Crippen molar-refractivity contribution in [3.63, 3.8) is 0 Å². The van der Waals surface area contributed by atoms with Crippen LogP contribution in [0.2, 0.25) is 5.22 Å². The van der Waals surface area contributed by atoms with Gasteiger partial charge in [-0.2, -0.15) is 9.52 Å². The zero-order valence-corrected chi connectivity index (χ0v) is 16.3. The molecular weight excluding hydrogens is 402 g/mol. The summed E-state index contributed by atoms with van der Waals surface area (Å²) in [7, 11) is -7.07. The molecule has 1 aromatic heterocycles. The zero-order chi connectivity index (χ0) is 19.1. The maximum Gasteiger partial charge on any atom is 0.247 e. The van der Waals surface area contributed by atoms with Crippen LogP contribution >= 0.6 is 11.6 Å². The smallest absolute Gasteiger partial charge is 0.247 e. The van der Waals surface area contributed by atoms with Gasteiger partial charge in [-0.1, -0.05) is 12.1 Å². The van der Waals surface area contributed by atoms with E-state index in [4.69, 9.17) is 16.0 Å². The fourth-order valence-electron chi connectivity index (χ4n) is 2.66. The fourth-order valence-corrected chi connectivity index (χ4v) is 4.26. The molecule has 26 heavy (non-hydrogen) atoms. The third-order valence-electron chi connectivity index (χ3n) is 3.63. The molecule has 11 heteroatoms. The molecule has 0 spiro atoms. The molecule has 0 radical (unpaired) electrons. The summed E-state index contributed by atoms with van der Waals surface area (Å²) in [5.74, 6) is 0.379. The second kappa shape index (κ2) is 6.60. The molecule has 2 aromatic rings. The van der Waals surface area contributed by atoms with Crippen LogP contribution in [0.15, 0.2) is 45.9 Å². The molecule has 0 saturated carbocycles. The Hall–Kier alpha value is -2.04. The van der Waals surface area contributed by atoms with Crippen LogP contribution in [0.3, 0.4) is 0 Å². The Bertz CT molecular complexity index is 1080. The van der Waals surface area contributed by atoms with Crippen LogP contribution in [-0.2, 0) is 20.0 Å². The van der Waals surface area contributed by atoms with Crippen LogP contribution in [0.25, 0.3) is 0 Å². The Morgan fingerprint density at radius 3 is 2.50 bits per heavy atom. The van der Waals surface area contributed by atoms with Gasteiger partial charge in [0.1, 0.15) is 11.8 Å². The molecule has 1 atom stereocenters. The maximum atomic E-state index is 12.1. The van der Waals surface area contributed by atoms with E-state index in [2.05, 4.69) is 9.82 Å². The molecule has 0 saturated heterocycles. The van der Waals surface area contributed by atoms with E-state index in [9.17, 15) is 16.8 Å². The van der Waals surface area contributed by atoms with E-state index in [1.165, 1.54) is 6.07 Å². The van der Waals surface area contributed by atoms with Crippen molar-refractivity contribution in [3.05, 3.63) is 52.9 Å². The first kappa shape index (κ1) is 18.7. The van der Waals surface area contributed by atoms with Crippen LogP contribution in [0, 0.1) is 0 Å². The molecule has 1 aliphatic heterocycles. The van der Waals surface area contributed by atoms with Crippen LogP contribution in [0.5, 0.6) is 0 Å². The molecule has 0 fully saturated rings. The maximum absolute atomic E-state index is 12.1. The number of hydrazone groups is 1. The number of furan rings is 1. The first-order valence-corrected chi connectivity index (χ1v) is 11.5. The number of benzene rings is 1. The van der Waals surface area contributed by atoms with E-state index in [1.54, 1.807) is 30.3 Å². The molecule has 0 bridgehead atoms. The van der Waals surface area contributed by atoms with Crippen LogP contribution in [0.1, 0.15) is 23.8 Å². The van der Waals surface area contributed by atoms with Gasteiger partial charge in [-0.25, -0.2) is 16.8 Å². The molecule has 1 aromatic carbocycles. The number of hydrogen-bond acceptors (Lipinski definition) is 6. The topological polar surface area (TPSA) is 109 Å². The quantitative estimate of drug-likeness (QED) is 0.803. The Balaban J connectivity index is 1.97. The predicted molar refractivity (Wildman–Crippen MR) is 99.2 cm³/mol. The number of anilines is 1. The van der Waals surface area contributed by atoms with Gasteiger partial charge >= 0.3 is 0 Å². The Kier molecular flexibility index (Phi) is 4.76. The van der Waals surface area contributed by atoms with Gasteiger partial charge in [-0.3, -0.25) is 4.72 Å². The number of hydrogen-bond donors (Lipinski definition) is 1. The highest BCUT2D eigenvalue weighted by molar-refractivity contribution is 7.92. The van der Waals surface area contributed by atoms with Gasteiger partial charge in [0.05, 0.1) is 18.2 Å². The lowest BCUT2D eigenvalue weighted by atomic mass is 10.0. The lowest BCUT2D eigenvalue weighted by Gasteiger charge is -2.18. The monoisotopic (exact) mass is 417 g/mol. The first-order valence-electron chi connectivity index (χ1n) is 7.43. The Morgan fingerprint density at radius 2 is 1.92 bits per heavy atom. The number of nitrogens with one attached hydrogen (secondary N) is 1. The van der Waals surface area contributed by atoms with Crippen LogP contribution < -0.4 is 4.72 Å². The van der Waals surface area contributed by atoms with Gasteiger partial charge in [0.2, 0.25) is 20.0 Å². The second-order valence-electron chi connectivity index (χ2n) is 5.90. The largest absolute Gasteiger partial charge is 0.447 e. The van der Waals surface area contributed by atoms with Gasteiger partial charge in [-0.05, 0) is 41.4 Å². The van der Waals surface area contributed by atoms with E-state index in [0.717, 1.165) is 16.9 Å². The van der Waals surface area contributed by atoms with Crippen molar-refractivity contribution in [2.24, 2.45) is 5.10 Å². The SMILES string of the molecule is CS(=O)(=O)Nc1cccc(C2=NN(S(C)(=O)=O)[C@@H](c3ccc(Cl)o3)C2)c1. The first-order chi connectivity index (χ1) is 12.0. The number of rotatable bonds is 5. The van der Waals surface area contributed by atoms with E-state index in [0.29, 0.717) is 22.7 Å². The van der Waals surface area contributed by atoms with Crippen LogP contribution in [-0.4, -0.2) is 39.5 Å². The molecule has 0 amide bonds. The molecule has 8 nitrogen and oxygen atoms in total. The summed E-state index contributed by atoms with van der Waals surface area (Å²) >= 11 is 5.80. The minimum atomic E-state index is -3.64. The normalized spacial score (nSPS) is 18.0. The van der Waals surface area contributed by atoms with Crippen LogP contribution in [0.4, 0.5) is 5.69 Å². The van der Waals surface area contributed by atoms with Crippen molar-refractivity contribution in [2.45, 2.75) is 12.5 Å². The standard InChI is InChI=1S/C15H16ClN3O5S2/c1-25(20,21)18-11-5-3-4-10(8-11)12-9-13(14-6-7-15(16)24-14)19(17-12)26(2,22)23/h3-8,13,18H,9H2,1-2H3/t13-/m1/s1. The number of halogens is 1. The molecule has 3 rings (SSSR count). The van der Waals surface area contributed by atoms with Gasteiger partial charge in [0, 0.05) is 12.1 Å². The summed E-state index contributed by atoms with van der Waals surface area (Å²) in [5.41, 5.74) is 1.46. The summed E-state index contributed by atoms with van der Waals surface area (Å²) < 4.78 is 55.7. The van der Waals surface area contributed by atoms with Crippen molar-refractivity contribution in [1.82, 2.24) is 4.41 Å². The highest BCUT2D eigenvalue weighted by atomic mass is 35.5. The predicted octanol–water partition coefficient (Wildman–Crippen LogP) is 2.42. The summed E-state index contributed by atoms with van der Waals surface area (Å²) in [5, 5.41) is 4.37. The zero-order valence-electron chi connectivity index (χ0n) is 13.9. The Morgan fingerprint density at radius 1 is 1.19 bits per heavy atom. The number of nitrogens with zero attached hydrogens (tertiary/aromatic N) is 2. The minimum Gasteiger partial charge on any atom is -0.447 e. The highest BCUT2D eigenvalue weighted by Crippen LogP contribution is 2.36. The van der Waals surface area contributed by atoms with Crippen molar-refractivity contribution >= 4 is 43.0 Å². The fraction of sp³-hybridized carbons (Fsp3) is 0.267. The average molecular weight is 418 g/mol. The van der Waals surface area contributed by atoms with Crippen molar-refractivity contribution < 1.29 is 21.3 Å². The van der Waals surface area contributed by atoms with Gasteiger partial charge in [-0.15, -0.1) is 0 Å². The lowest BCUT2D eigenvalue weighted by Crippen LogP contribution is -2.25. The highest BCUT2D eigenvalue weighted by Gasteiger charge is 2.36. The average Bonchev–Trinajstić information content (AvgIpc) is 3.11. The van der Waals surface area contributed by atoms with E-state index < -0.39 is 26.1 Å². The lowest BCUT2D eigenvalue weighted by molar-refractivity contribution is 0.322. The molecular formula is C15H16ClN3O5S2. The van der Waals surface area contributed by atoms with Gasteiger partial charge in [0.15, 0.2) is 5.22 Å². The second-order valence-corrected chi connectivity index (χ2v) is 9.86. The van der Waals surface area contributed by atoms with Gasteiger partial charge < -0.3 is 4.42 Å². The molecule has 1 aliphatic rings. The summed E-state index contributed by atoms with van der Waals surface area (Å²) in [6, 6.07) is 9.06. The van der Waals surface area contributed by atoms with Crippen molar-refractivity contribution in [2.75, 3.05) is 17.2 Å². The molecule has 2 heterocycles. The summed E-state index contributed by atoms with van der Waals surface area (Å²) in [6.07, 6.45) is 2.37. The molecule has 1 N–H and O–H groups in total. The Labute approximate surface area is 156 Å². The third kappa shape index (κ3) is 4.19. The molecule has 140 valence electrons. The van der Waals surface area contributed by atoms with E-state index >= 15 is 0 Å².